The fourth-order valence-electron chi connectivity index (χ4n) is 5.44. The molecule has 2 unspecified atom stereocenters. The van der Waals surface area contributed by atoms with E-state index in [4.69, 9.17) is 10.5 Å². The molecule has 2 amide bonds. The number of nitrogens with zero attached hydrogens (tertiary/aromatic N) is 3. The molecular formula is C34H30N6O4. The van der Waals surface area contributed by atoms with Gasteiger partial charge in [0.15, 0.2) is 0 Å². The first-order valence-corrected chi connectivity index (χ1v) is 14.3. The van der Waals surface area contributed by atoms with E-state index >= 15 is 0 Å². The van der Waals surface area contributed by atoms with Crippen molar-refractivity contribution in [2.75, 3.05) is 18.9 Å². The molecule has 2 atom stereocenters. The van der Waals surface area contributed by atoms with E-state index < -0.39 is 18.1 Å². The van der Waals surface area contributed by atoms with Crippen molar-refractivity contribution in [3.8, 4) is 17.5 Å². The predicted octanol–water partition coefficient (Wildman–Crippen LogP) is 3.65. The van der Waals surface area contributed by atoms with Crippen molar-refractivity contribution < 1.29 is 14.3 Å². The minimum atomic E-state index is -0.610. The molecule has 1 aliphatic heterocycles. The largest absolute Gasteiger partial charge is 0.383 e. The molecule has 0 aliphatic carbocycles. The van der Waals surface area contributed by atoms with Crippen molar-refractivity contribution in [3.05, 3.63) is 106 Å². The smallest absolute Gasteiger partial charge is 0.264 e. The number of carbonyl (C=O) groups is 2. The molecular weight excluding hydrogens is 556 g/mol. The van der Waals surface area contributed by atoms with Crippen molar-refractivity contribution >= 4 is 39.3 Å². The number of amides is 2. The van der Waals surface area contributed by atoms with E-state index in [0.717, 1.165) is 6.42 Å². The molecule has 4 heterocycles. The number of nitrogen functional groups attached to an aromatic ring is 1. The summed E-state index contributed by atoms with van der Waals surface area (Å²) >= 11 is 0. The number of anilines is 1. The van der Waals surface area contributed by atoms with Gasteiger partial charge in [0.1, 0.15) is 17.5 Å². The summed E-state index contributed by atoms with van der Waals surface area (Å²) in [5.74, 6) is 5.46. The van der Waals surface area contributed by atoms with E-state index in [0.29, 0.717) is 51.6 Å². The number of rotatable bonds is 6. The van der Waals surface area contributed by atoms with E-state index in [1.807, 2.05) is 54.6 Å². The first kappa shape index (κ1) is 28.6. The van der Waals surface area contributed by atoms with Crippen LogP contribution in [0, 0.1) is 11.8 Å². The van der Waals surface area contributed by atoms with Crippen molar-refractivity contribution in [2.45, 2.75) is 31.9 Å². The zero-order valence-corrected chi connectivity index (χ0v) is 24.0. The van der Waals surface area contributed by atoms with Crippen LogP contribution in [0.3, 0.4) is 0 Å². The molecule has 5 aromatic rings. The summed E-state index contributed by atoms with van der Waals surface area (Å²) in [7, 11) is 0. The minimum absolute atomic E-state index is 0.0648. The highest BCUT2D eigenvalue weighted by atomic mass is 16.5. The van der Waals surface area contributed by atoms with E-state index in [2.05, 4.69) is 32.4 Å². The number of nitrogens with one attached hydrogen (secondary N) is 2. The lowest BCUT2D eigenvalue weighted by Crippen LogP contribution is -2.34. The van der Waals surface area contributed by atoms with Crippen molar-refractivity contribution in [1.82, 2.24) is 25.2 Å². The van der Waals surface area contributed by atoms with Crippen molar-refractivity contribution in [2.24, 2.45) is 0 Å². The first-order valence-electron chi connectivity index (χ1n) is 14.3. The van der Waals surface area contributed by atoms with E-state index in [-0.39, 0.29) is 29.4 Å². The normalized spacial score (nSPS) is 15.0. The molecule has 10 heteroatoms. The van der Waals surface area contributed by atoms with Crippen molar-refractivity contribution in [1.29, 1.82) is 0 Å². The molecule has 220 valence electrons. The van der Waals surface area contributed by atoms with Crippen LogP contribution < -0.4 is 21.9 Å². The molecule has 6 rings (SSSR count). The zero-order chi connectivity index (χ0) is 30.6. The van der Waals surface area contributed by atoms with Crippen LogP contribution in [-0.4, -0.2) is 45.6 Å². The number of ether oxygens (including phenoxy) is 1. The molecule has 2 aromatic carbocycles. The third kappa shape index (κ3) is 5.61. The fraction of sp³-hybridized carbons (Fsp3) is 0.206. The third-order valence-corrected chi connectivity index (χ3v) is 7.58. The maximum absolute atomic E-state index is 14.2. The number of benzene rings is 2. The standard InChI is InChI=1S/C34H30N6O4/c1-21(39-33(42)29-30-24(12-7-16-36-30)20-38-31(29)35)26-19-23-10-5-9-22(11-6-17-37-32(41)27-15-8-18-44-27)28(23)34(43)40(26)25-13-3-2-4-14-25/h2-5,7,9-10,12-14,16,19-21,27H,8,15,17-18H2,1H3,(H2,35,38)(H,37,41)(H,39,42). The van der Waals surface area contributed by atoms with Gasteiger partial charge in [-0.15, -0.1) is 0 Å². The Kier molecular flexibility index (Phi) is 8.04. The summed E-state index contributed by atoms with van der Waals surface area (Å²) in [4.78, 5) is 48.6. The Morgan fingerprint density at radius 2 is 1.91 bits per heavy atom. The number of para-hydroxylation sites is 1. The average molecular weight is 587 g/mol. The number of fused-ring (bicyclic) bond motifs is 2. The van der Waals surface area contributed by atoms with Crippen LogP contribution in [0.1, 0.15) is 47.4 Å². The van der Waals surface area contributed by atoms with Crippen LogP contribution in [0.5, 0.6) is 0 Å². The Labute approximate surface area is 253 Å². The van der Waals surface area contributed by atoms with Gasteiger partial charge in [-0.25, -0.2) is 4.98 Å². The molecule has 4 N–H and O–H groups in total. The first-order chi connectivity index (χ1) is 21.4. The predicted molar refractivity (Wildman–Crippen MR) is 168 cm³/mol. The summed E-state index contributed by atoms with van der Waals surface area (Å²) in [6.45, 7) is 2.52. The Hall–Kier alpha value is -5.53. The Morgan fingerprint density at radius 1 is 1.09 bits per heavy atom. The van der Waals surface area contributed by atoms with Crippen LogP contribution in [-0.2, 0) is 9.53 Å². The summed E-state index contributed by atoms with van der Waals surface area (Å²) in [5.41, 5.74) is 8.19. The molecule has 3 aromatic heterocycles. The summed E-state index contributed by atoms with van der Waals surface area (Å²) < 4.78 is 7.00. The monoisotopic (exact) mass is 586 g/mol. The average Bonchev–Trinajstić information content (AvgIpc) is 3.58. The van der Waals surface area contributed by atoms with Gasteiger partial charge in [0.2, 0.25) is 5.91 Å². The number of pyridine rings is 3. The second-order valence-electron chi connectivity index (χ2n) is 10.5. The van der Waals surface area contributed by atoms with Crippen LogP contribution in [0.4, 0.5) is 5.82 Å². The van der Waals surface area contributed by atoms with Gasteiger partial charge in [0.25, 0.3) is 11.5 Å². The Balaban J connectivity index is 1.37. The van der Waals surface area contributed by atoms with Crippen LogP contribution in [0.15, 0.2) is 83.9 Å². The quantitative estimate of drug-likeness (QED) is 0.258. The topological polar surface area (TPSA) is 141 Å². The van der Waals surface area contributed by atoms with Crippen LogP contribution in [0.25, 0.3) is 27.4 Å². The lowest BCUT2D eigenvalue weighted by atomic mass is 10.0. The number of carbonyl (C=O) groups excluding carboxylic acids is 2. The summed E-state index contributed by atoms with van der Waals surface area (Å²) in [6.07, 6.45) is 4.30. The van der Waals surface area contributed by atoms with E-state index in [1.54, 1.807) is 36.0 Å². The third-order valence-electron chi connectivity index (χ3n) is 7.58. The van der Waals surface area contributed by atoms with Gasteiger partial charge >= 0.3 is 0 Å². The molecule has 1 fully saturated rings. The van der Waals surface area contributed by atoms with Crippen LogP contribution in [0.2, 0.25) is 0 Å². The van der Waals surface area contributed by atoms with Gasteiger partial charge in [-0.3, -0.25) is 23.9 Å². The van der Waals surface area contributed by atoms with Gasteiger partial charge in [0.05, 0.1) is 23.5 Å². The molecule has 0 radical (unpaired) electrons. The molecule has 44 heavy (non-hydrogen) atoms. The summed E-state index contributed by atoms with van der Waals surface area (Å²) in [5, 5.41) is 7.58. The molecule has 1 aliphatic rings. The highest BCUT2D eigenvalue weighted by Gasteiger charge is 2.24. The second-order valence-corrected chi connectivity index (χ2v) is 10.5. The van der Waals surface area contributed by atoms with Gasteiger partial charge in [-0.1, -0.05) is 42.2 Å². The van der Waals surface area contributed by atoms with Crippen LogP contribution >= 0.6 is 0 Å². The number of nitrogens with two attached hydrogens (primary N) is 1. The number of hydrogen-bond donors (Lipinski definition) is 3. The van der Waals surface area contributed by atoms with Crippen molar-refractivity contribution in [3.63, 3.8) is 0 Å². The fourth-order valence-corrected chi connectivity index (χ4v) is 5.44. The Bertz CT molecular complexity index is 2010. The maximum Gasteiger partial charge on any atom is 0.264 e. The molecule has 0 saturated carbocycles. The van der Waals surface area contributed by atoms with Gasteiger partial charge < -0.3 is 21.1 Å². The van der Waals surface area contributed by atoms with E-state index in [9.17, 15) is 14.4 Å². The Morgan fingerprint density at radius 3 is 2.70 bits per heavy atom. The molecule has 0 bridgehead atoms. The van der Waals surface area contributed by atoms with Gasteiger partial charge in [-0.2, -0.15) is 0 Å². The molecule has 1 saturated heterocycles. The SMILES string of the molecule is CC(NC(=O)c1c(N)ncc2cccnc12)c1cc2cccc(C#CCNC(=O)C3CCCO3)c2c(=O)n1-c1ccccc1. The maximum atomic E-state index is 14.2. The number of hydrogen-bond acceptors (Lipinski definition) is 7. The highest BCUT2D eigenvalue weighted by molar-refractivity contribution is 6.09. The van der Waals surface area contributed by atoms with Gasteiger partial charge in [0, 0.05) is 41.3 Å². The zero-order valence-electron chi connectivity index (χ0n) is 24.0. The molecule has 0 spiro atoms. The summed E-state index contributed by atoms with van der Waals surface area (Å²) in [6, 6.07) is 19.5. The number of aromatic nitrogens is 3. The highest BCUT2D eigenvalue weighted by Crippen LogP contribution is 2.25. The minimum Gasteiger partial charge on any atom is -0.383 e. The second kappa shape index (κ2) is 12.4. The molecule has 10 nitrogen and oxygen atoms in total. The van der Waals surface area contributed by atoms with Gasteiger partial charge in [-0.05, 0) is 61.5 Å². The lowest BCUT2D eigenvalue weighted by Gasteiger charge is -2.21. The lowest BCUT2D eigenvalue weighted by molar-refractivity contribution is -0.129. The van der Waals surface area contributed by atoms with E-state index in [1.165, 1.54) is 0 Å².